The van der Waals surface area contributed by atoms with E-state index in [0.717, 1.165) is 17.5 Å². The van der Waals surface area contributed by atoms with Crippen LogP contribution >= 0.6 is 0 Å². The summed E-state index contributed by atoms with van der Waals surface area (Å²) < 4.78 is 10.8. The first-order valence-corrected chi connectivity index (χ1v) is 9.54. The van der Waals surface area contributed by atoms with E-state index in [1.54, 1.807) is 17.9 Å². The minimum absolute atomic E-state index is 0.175. The third-order valence-electron chi connectivity index (χ3n) is 4.70. The van der Waals surface area contributed by atoms with E-state index in [1.807, 2.05) is 49.4 Å². The first kappa shape index (κ1) is 19.7. The lowest BCUT2D eigenvalue weighted by Gasteiger charge is -2.30. The van der Waals surface area contributed by atoms with Gasteiger partial charge in [0.2, 0.25) is 0 Å². The highest BCUT2D eigenvalue weighted by Crippen LogP contribution is 2.21. The normalized spacial score (nSPS) is 14.4. The number of fused-ring (bicyclic) bond motifs is 1. The second kappa shape index (κ2) is 9.22. The predicted molar refractivity (Wildman–Crippen MR) is 108 cm³/mol. The molecular formula is C23H25NO4. The first-order valence-electron chi connectivity index (χ1n) is 9.54. The molecule has 0 N–H and O–H groups in total. The molecule has 0 unspecified atom stereocenters. The zero-order valence-electron chi connectivity index (χ0n) is 16.3. The molecule has 0 saturated carbocycles. The van der Waals surface area contributed by atoms with Crippen LogP contribution in [0.25, 0.3) is 6.08 Å². The van der Waals surface area contributed by atoms with E-state index in [0.29, 0.717) is 25.4 Å². The molecule has 0 aromatic heterocycles. The number of nitrogens with zero attached hydrogens (tertiary/aromatic N) is 1. The fourth-order valence-electron chi connectivity index (χ4n) is 3.27. The third kappa shape index (κ3) is 4.80. The van der Waals surface area contributed by atoms with E-state index >= 15 is 0 Å². The minimum Gasteiger partial charge on any atom is -0.493 e. The van der Waals surface area contributed by atoms with Gasteiger partial charge in [0.05, 0.1) is 6.61 Å². The summed E-state index contributed by atoms with van der Waals surface area (Å²) in [5, 5.41) is 0. The van der Waals surface area contributed by atoms with Gasteiger partial charge in [-0.05, 0) is 43.5 Å². The number of hydrogen-bond donors (Lipinski definition) is 0. The molecule has 5 nitrogen and oxygen atoms in total. The quantitative estimate of drug-likeness (QED) is 0.568. The van der Waals surface area contributed by atoms with Crippen LogP contribution in [-0.2, 0) is 27.3 Å². The molecule has 5 heteroatoms. The van der Waals surface area contributed by atoms with Crippen LogP contribution in [0.1, 0.15) is 30.5 Å². The second-order valence-corrected chi connectivity index (χ2v) is 6.66. The van der Waals surface area contributed by atoms with Crippen molar-refractivity contribution >= 4 is 18.0 Å². The predicted octanol–water partition coefficient (Wildman–Crippen LogP) is 3.62. The lowest BCUT2D eigenvalue weighted by molar-refractivity contribution is -0.155. The Morgan fingerprint density at radius 2 is 1.82 bits per heavy atom. The molecule has 1 aliphatic heterocycles. The van der Waals surface area contributed by atoms with Crippen LogP contribution in [0.2, 0.25) is 0 Å². The molecule has 0 radical (unpaired) electrons. The molecule has 1 atom stereocenters. The van der Waals surface area contributed by atoms with Crippen molar-refractivity contribution in [1.29, 1.82) is 0 Å². The van der Waals surface area contributed by atoms with E-state index in [1.165, 1.54) is 11.6 Å². The maximum absolute atomic E-state index is 12.7. The molecule has 0 fully saturated rings. The number of ether oxygens (including phenoxy) is 2. The fourth-order valence-corrected chi connectivity index (χ4v) is 3.27. The number of carbonyl (C=O) groups is 2. The molecular weight excluding hydrogens is 354 g/mol. The van der Waals surface area contributed by atoms with Crippen LogP contribution in [0.5, 0.6) is 5.75 Å². The van der Waals surface area contributed by atoms with Gasteiger partial charge in [0.25, 0.3) is 5.91 Å². The zero-order chi connectivity index (χ0) is 19.9. The highest BCUT2D eigenvalue weighted by Gasteiger charge is 2.26. The van der Waals surface area contributed by atoms with Crippen molar-refractivity contribution in [2.45, 2.75) is 32.9 Å². The molecule has 28 heavy (non-hydrogen) atoms. The van der Waals surface area contributed by atoms with Crippen LogP contribution in [0.15, 0.2) is 54.6 Å². The Morgan fingerprint density at radius 3 is 2.61 bits per heavy atom. The Labute approximate surface area is 165 Å². The number of hydrogen-bond acceptors (Lipinski definition) is 4. The smallest absolute Gasteiger partial charge is 0.331 e. The summed E-state index contributed by atoms with van der Waals surface area (Å²) in [6.07, 6.45) is 2.95. The molecule has 0 aliphatic carbocycles. The molecule has 0 bridgehead atoms. The SMILES string of the molecule is CCOc1ccccc1/C=C/C(=O)O[C@H](C)C(=O)N1CCc2ccccc2C1. The van der Waals surface area contributed by atoms with Crippen molar-refractivity contribution in [3.05, 3.63) is 71.3 Å². The second-order valence-electron chi connectivity index (χ2n) is 6.66. The van der Waals surface area contributed by atoms with Crippen molar-refractivity contribution in [1.82, 2.24) is 4.90 Å². The molecule has 0 spiro atoms. The number of amides is 1. The molecule has 2 aromatic carbocycles. The minimum atomic E-state index is -0.829. The van der Waals surface area contributed by atoms with Crippen molar-refractivity contribution in [3.8, 4) is 5.75 Å². The molecule has 1 heterocycles. The van der Waals surface area contributed by atoms with Gasteiger partial charge in [-0.1, -0.05) is 42.5 Å². The Morgan fingerprint density at radius 1 is 1.11 bits per heavy atom. The Hall–Kier alpha value is -3.08. The Kier molecular flexibility index (Phi) is 6.48. The Bertz CT molecular complexity index is 874. The van der Waals surface area contributed by atoms with Crippen LogP contribution in [0.3, 0.4) is 0 Å². The van der Waals surface area contributed by atoms with Gasteiger partial charge in [0, 0.05) is 24.7 Å². The summed E-state index contributed by atoms with van der Waals surface area (Å²) in [4.78, 5) is 26.6. The lowest BCUT2D eigenvalue weighted by atomic mass is 9.99. The molecule has 1 amide bonds. The monoisotopic (exact) mass is 379 g/mol. The number of rotatable bonds is 6. The summed E-state index contributed by atoms with van der Waals surface area (Å²) in [7, 11) is 0. The topological polar surface area (TPSA) is 55.8 Å². The van der Waals surface area contributed by atoms with Crippen LogP contribution in [0.4, 0.5) is 0 Å². The molecule has 1 aliphatic rings. The largest absolute Gasteiger partial charge is 0.493 e. The first-order chi connectivity index (χ1) is 13.6. The number of esters is 1. The van der Waals surface area contributed by atoms with Crippen molar-refractivity contribution in [2.24, 2.45) is 0 Å². The van der Waals surface area contributed by atoms with Gasteiger partial charge >= 0.3 is 5.97 Å². The van der Waals surface area contributed by atoms with E-state index in [2.05, 4.69) is 6.07 Å². The van der Waals surface area contributed by atoms with Gasteiger partial charge in [-0.2, -0.15) is 0 Å². The maximum atomic E-state index is 12.7. The highest BCUT2D eigenvalue weighted by atomic mass is 16.5. The van der Waals surface area contributed by atoms with Gasteiger partial charge in [0.1, 0.15) is 5.75 Å². The summed E-state index contributed by atoms with van der Waals surface area (Å²) in [5.41, 5.74) is 3.20. The number of para-hydroxylation sites is 1. The average molecular weight is 379 g/mol. The Balaban J connectivity index is 1.58. The number of carbonyl (C=O) groups excluding carboxylic acids is 2. The zero-order valence-corrected chi connectivity index (χ0v) is 16.3. The fraction of sp³-hybridized carbons (Fsp3) is 0.304. The maximum Gasteiger partial charge on any atom is 0.331 e. The van der Waals surface area contributed by atoms with Crippen molar-refractivity contribution < 1.29 is 19.1 Å². The van der Waals surface area contributed by atoms with Gasteiger partial charge in [-0.15, -0.1) is 0 Å². The van der Waals surface area contributed by atoms with Crippen molar-refractivity contribution in [3.63, 3.8) is 0 Å². The summed E-state index contributed by atoms with van der Waals surface area (Å²) in [6.45, 7) is 5.24. The van der Waals surface area contributed by atoms with Crippen molar-refractivity contribution in [2.75, 3.05) is 13.2 Å². The van der Waals surface area contributed by atoms with E-state index in [-0.39, 0.29) is 5.91 Å². The van der Waals surface area contributed by atoms with E-state index < -0.39 is 12.1 Å². The van der Waals surface area contributed by atoms with Gasteiger partial charge in [-0.25, -0.2) is 4.79 Å². The van der Waals surface area contributed by atoms with Gasteiger partial charge in [-0.3, -0.25) is 4.79 Å². The third-order valence-corrected chi connectivity index (χ3v) is 4.70. The average Bonchev–Trinajstić information content (AvgIpc) is 2.72. The van der Waals surface area contributed by atoms with Gasteiger partial charge in [0.15, 0.2) is 6.10 Å². The van der Waals surface area contributed by atoms with Crippen LogP contribution in [-0.4, -0.2) is 36.0 Å². The summed E-state index contributed by atoms with van der Waals surface area (Å²) >= 11 is 0. The molecule has 0 saturated heterocycles. The molecule has 3 rings (SSSR count). The molecule has 2 aromatic rings. The number of benzene rings is 2. The standard InChI is InChI=1S/C23H25NO4/c1-3-27-21-11-7-6-9-19(21)12-13-22(25)28-17(2)23(26)24-15-14-18-8-4-5-10-20(18)16-24/h4-13,17H,3,14-16H2,1-2H3/b13-12+/t17-/m1/s1. The van der Waals surface area contributed by atoms with E-state index in [9.17, 15) is 9.59 Å². The highest BCUT2D eigenvalue weighted by molar-refractivity contribution is 5.90. The lowest BCUT2D eigenvalue weighted by Crippen LogP contribution is -2.42. The van der Waals surface area contributed by atoms with Gasteiger partial charge < -0.3 is 14.4 Å². The summed E-state index contributed by atoms with van der Waals surface area (Å²) in [6, 6.07) is 15.5. The van der Waals surface area contributed by atoms with Crippen LogP contribution < -0.4 is 4.74 Å². The van der Waals surface area contributed by atoms with Crippen LogP contribution in [0, 0.1) is 0 Å². The summed E-state index contributed by atoms with van der Waals surface area (Å²) in [5.74, 6) is -0.0271. The van der Waals surface area contributed by atoms with E-state index in [4.69, 9.17) is 9.47 Å². The molecule has 146 valence electrons.